The first-order chi connectivity index (χ1) is 18.8. The number of hydrogen-bond acceptors (Lipinski definition) is 1. The van der Waals surface area contributed by atoms with E-state index in [4.69, 9.17) is 0 Å². The monoisotopic (exact) mass is 511 g/mol. The van der Waals surface area contributed by atoms with Gasteiger partial charge in [-0.25, -0.2) is 4.48 Å². The van der Waals surface area contributed by atoms with Gasteiger partial charge in [-0.1, -0.05) is 68.5 Å². The summed E-state index contributed by atoms with van der Waals surface area (Å²) in [5.41, 5.74) is 8.84. The summed E-state index contributed by atoms with van der Waals surface area (Å²) >= 11 is 0. The van der Waals surface area contributed by atoms with Crippen LogP contribution in [-0.4, -0.2) is 68.8 Å². The van der Waals surface area contributed by atoms with Gasteiger partial charge in [0.05, 0.1) is 11.1 Å². The van der Waals surface area contributed by atoms with Crippen molar-refractivity contribution in [2.75, 3.05) is 18.0 Å². The van der Waals surface area contributed by atoms with Crippen LogP contribution in [-0.2, 0) is 10.8 Å². The predicted molar refractivity (Wildman–Crippen MR) is 154 cm³/mol. The molecule has 2 spiro atoms. The zero-order valence-electron chi connectivity index (χ0n) is 23.2. The zero-order valence-corrected chi connectivity index (χ0v) is 23.2. The Kier molecular flexibility index (Phi) is 3.00. The third kappa shape index (κ3) is 2.03. The maximum Gasteiger partial charge on any atom is 0.346 e. The van der Waals surface area contributed by atoms with Crippen molar-refractivity contribution in [2.24, 2.45) is 0 Å². The summed E-state index contributed by atoms with van der Waals surface area (Å²) in [6, 6.07) is 26.7. The van der Waals surface area contributed by atoms with Gasteiger partial charge in [0.15, 0.2) is 5.71 Å². The molecular formula is C35H35N4+3. The lowest BCUT2D eigenvalue weighted by Crippen LogP contribution is -2.34. The van der Waals surface area contributed by atoms with Crippen LogP contribution in [0, 0.1) is 0 Å². The van der Waals surface area contributed by atoms with Crippen molar-refractivity contribution in [3.05, 3.63) is 95.7 Å². The molecule has 8 aliphatic heterocycles. The lowest BCUT2D eigenvalue weighted by Gasteiger charge is -2.26. The van der Waals surface area contributed by atoms with Gasteiger partial charge in [0.2, 0.25) is 30.0 Å². The Bertz CT molecular complexity index is 1840. The van der Waals surface area contributed by atoms with E-state index >= 15 is 0 Å². The minimum Gasteiger partial charge on any atom is -0.289 e. The molecule has 0 aromatic heterocycles. The zero-order chi connectivity index (χ0) is 25.8. The molecular weight excluding hydrogens is 476 g/mol. The standard InChI is InChI=1S/C35H35N4/c1-34(2)22-12-7-8-13-23(22)36(32-30-25-18-38(25,30)32)27(34)14-9-15-28-35(3,4)29-21-11-6-5-10-20(21)16-17-24(29)37(28)33-31-26-19-39(26,31)33/h5-17,25-26,30-33H,18-19H2,1-4H3/q+3. The summed E-state index contributed by atoms with van der Waals surface area (Å²) in [6.07, 6.45) is 8.70. The molecule has 8 atom stereocenters. The molecule has 6 saturated heterocycles. The molecule has 6 fully saturated rings. The number of fused-ring (bicyclic) bond motifs is 6. The van der Waals surface area contributed by atoms with Crippen molar-refractivity contribution in [3.8, 4) is 0 Å². The van der Waals surface area contributed by atoms with E-state index < -0.39 is 0 Å². The van der Waals surface area contributed by atoms with E-state index in [-0.39, 0.29) is 10.8 Å². The number of benzene rings is 3. The summed E-state index contributed by atoms with van der Waals surface area (Å²) in [4.78, 5) is 2.76. The fourth-order valence-corrected chi connectivity index (χ4v) is 9.93. The first kappa shape index (κ1) is 20.7. The Morgan fingerprint density at radius 3 is 2.31 bits per heavy atom. The molecule has 192 valence electrons. The fraction of sp³-hybridized carbons (Fsp3) is 0.400. The molecule has 8 unspecified atom stereocenters. The average molecular weight is 512 g/mol. The molecule has 4 nitrogen and oxygen atoms in total. The Labute approximate surface area is 229 Å². The minimum atomic E-state index is -0.0335. The first-order valence-electron chi connectivity index (χ1n) is 15.1. The van der Waals surface area contributed by atoms with Crippen molar-refractivity contribution in [2.45, 2.75) is 75.0 Å². The first-order valence-corrected chi connectivity index (χ1v) is 15.1. The quantitative estimate of drug-likeness (QED) is 0.262. The van der Waals surface area contributed by atoms with Crippen LogP contribution >= 0.6 is 0 Å². The number of quaternary nitrogens is 2. The molecule has 8 aliphatic rings. The van der Waals surface area contributed by atoms with E-state index in [9.17, 15) is 0 Å². The topological polar surface area (TPSA) is 6.25 Å². The normalized spacial score (nSPS) is 43.6. The van der Waals surface area contributed by atoms with Crippen molar-refractivity contribution in [3.63, 3.8) is 0 Å². The molecule has 0 bridgehead atoms. The second-order valence-corrected chi connectivity index (χ2v) is 14.8. The van der Waals surface area contributed by atoms with Gasteiger partial charge in [0, 0.05) is 28.8 Å². The predicted octanol–water partition coefficient (Wildman–Crippen LogP) is 5.30. The van der Waals surface area contributed by atoms with Gasteiger partial charge < -0.3 is 0 Å². The molecule has 3 aromatic carbocycles. The van der Waals surface area contributed by atoms with Crippen molar-refractivity contribution < 1.29 is 13.5 Å². The highest BCUT2D eigenvalue weighted by Crippen LogP contribution is 2.78. The van der Waals surface area contributed by atoms with Gasteiger partial charge in [-0.3, -0.25) is 9.38 Å². The number of rotatable bonds is 4. The number of anilines is 1. The van der Waals surface area contributed by atoms with E-state index in [0.717, 1.165) is 24.2 Å². The van der Waals surface area contributed by atoms with Crippen molar-refractivity contribution >= 4 is 27.9 Å². The molecule has 11 rings (SSSR count). The summed E-state index contributed by atoms with van der Waals surface area (Å²) in [6.45, 7) is 12.6. The molecule has 39 heavy (non-hydrogen) atoms. The largest absolute Gasteiger partial charge is 0.346 e. The highest BCUT2D eigenvalue weighted by Gasteiger charge is 3.11. The second-order valence-electron chi connectivity index (χ2n) is 14.8. The van der Waals surface area contributed by atoms with Gasteiger partial charge in [0.25, 0.3) is 6.04 Å². The summed E-state index contributed by atoms with van der Waals surface area (Å²) in [7, 11) is 0. The molecule has 0 amide bonds. The highest BCUT2D eigenvalue weighted by atomic mass is 15.9. The van der Waals surface area contributed by atoms with E-state index in [1.54, 1.807) is 0 Å². The van der Waals surface area contributed by atoms with Crippen LogP contribution in [0.25, 0.3) is 10.8 Å². The van der Waals surface area contributed by atoms with Gasteiger partial charge in [-0.15, -0.1) is 4.58 Å². The van der Waals surface area contributed by atoms with Crippen LogP contribution in [0.5, 0.6) is 0 Å². The van der Waals surface area contributed by atoms with Crippen LogP contribution in [0.15, 0.2) is 84.6 Å². The van der Waals surface area contributed by atoms with Gasteiger partial charge in [0.1, 0.15) is 13.1 Å². The number of allylic oxidation sites excluding steroid dienone is 4. The summed E-state index contributed by atoms with van der Waals surface area (Å²) < 4.78 is 5.50. The minimum absolute atomic E-state index is 0.0187. The molecule has 0 N–H and O–H groups in total. The third-order valence-corrected chi connectivity index (χ3v) is 12.6. The van der Waals surface area contributed by atoms with E-state index in [2.05, 4.69) is 116 Å². The molecule has 8 heterocycles. The average Bonchev–Trinajstić information content (AvgIpc) is 3.72. The Hall–Kier alpha value is -3.21. The van der Waals surface area contributed by atoms with Crippen LogP contribution in [0.1, 0.15) is 38.8 Å². The number of nitrogens with zero attached hydrogens (tertiary/aromatic N) is 4. The molecule has 0 radical (unpaired) electrons. The molecule has 4 heteroatoms. The molecule has 0 saturated carbocycles. The lowest BCUT2D eigenvalue weighted by molar-refractivity contribution is -0.724. The third-order valence-electron chi connectivity index (χ3n) is 12.6. The Morgan fingerprint density at radius 2 is 1.56 bits per heavy atom. The molecule has 0 aliphatic carbocycles. The van der Waals surface area contributed by atoms with Gasteiger partial charge >= 0.3 is 6.17 Å². The maximum absolute atomic E-state index is 2.76. The summed E-state index contributed by atoms with van der Waals surface area (Å²) in [5, 5.41) is 2.77. The van der Waals surface area contributed by atoms with Crippen LogP contribution in [0.3, 0.4) is 0 Å². The number of hydrogen-bond donors (Lipinski definition) is 0. The van der Waals surface area contributed by atoms with Crippen molar-refractivity contribution in [1.29, 1.82) is 0 Å². The fourth-order valence-electron chi connectivity index (χ4n) is 9.93. The van der Waals surface area contributed by atoms with E-state index in [1.165, 1.54) is 66.7 Å². The smallest absolute Gasteiger partial charge is 0.289 e. The SMILES string of the molecule is CC1(C)C(/C=C/C=C2\N(C3C4C5C[N+]543)c3ccc4ccccc4c3C2(C)C)=[N+](C2C3C4C[N+]432)c2ccccc21. The lowest BCUT2D eigenvalue weighted by atomic mass is 9.80. The van der Waals surface area contributed by atoms with Crippen molar-refractivity contribution in [1.82, 2.24) is 0 Å². The van der Waals surface area contributed by atoms with Crippen LogP contribution in [0.2, 0.25) is 0 Å². The summed E-state index contributed by atoms with van der Waals surface area (Å²) in [5.74, 6) is 0. The number of para-hydroxylation sites is 1. The molecule has 3 aromatic rings. The maximum atomic E-state index is 2.76. The Morgan fingerprint density at radius 1 is 0.846 bits per heavy atom. The van der Waals surface area contributed by atoms with Gasteiger partial charge in [-0.2, -0.15) is 0 Å². The van der Waals surface area contributed by atoms with Gasteiger partial charge in [-0.05, 0) is 42.3 Å². The Balaban J connectivity index is 1.05. The second kappa shape index (κ2) is 5.66. The van der Waals surface area contributed by atoms with E-state index in [1.807, 2.05) is 0 Å². The van der Waals surface area contributed by atoms with Crippen LogP contribution < -0.4 is 4.90 Å². The highest BCUT2D eigenvalue weighted by molar-refractivity contribution is 6.03. The van der Waals surface area contributed by atoms with E-state index in [0.29, 0.717) is 12.3 Å². The van der Waals surface area contributed by atoms with Crippen LogP contribution in [0.4, 0.5) is 11.4 Å².